The number of carboxylic acid groups (broad SMARTS) is 1. The zero-order valence-corrected chi connectivity index (χ0v) is 12.2. The molecule has 0 radical (unpaired) electrons. The van der Waals surface area contributed by atoms with Crippen molar-refractivity contribution in [2.45, 2.75) is 19.8 Å². The highest BCUT2D eigenvalue weighted by atomic mass is 16.6. The van der Waals surface area contributed by atoms with E-state index in [1.54, 1.807) is 0 Å². The average molecular weight is 318 g/mol. The van der Waals surface area contributed by atoms with Gasteiger partial charge in [-0.25, -0.2) is 0 Å². The van der Waals surface area contributed by atoms with Crippen LogP contribution < -0.4 is 10.4 Å². The zero-order chi connectivity index (χ0) is 17.3. The standard InChI is InChI=1S/C14H13N3O6/c1-7-11(14(18)19)12(13(17(22)23)8(2)15-7)9-4-3-5-10(6-9)16(20)21/h3-6,12,15H,1-2H3,(H,18,19)/p-1. The van der Waals surface area contributed by atoms with Crippen molar-refractivity contribution in [3.05, 3.63) is 72.7 Å². The molecule has 1 N–H and O–H groups in total. The second-order valence-corrected chi connectivity index (χ2v) is 5.00. The molecule has 0 aliphatic carbocycles. The molecule has 1 aromatic rings. The number of nitro groups is 2. The monoisotopic (exact) mass is 318 g/mol. The van der Waals surface area contributed by atoms with Crippen LogP contribution in [-0.2, 0) is 4.79 Å². The summed E-state index contributed by atoms with van der Waals surface area (Å²) >= 11 is 0. The van der Waals surface area contributed by atoms with E-state index < -0.39 is 21.7 Å². The molecule has 0 fully saturated rings. The van der Waals surface area contributed by atoms with Gasteiger partial charge in [-0.15, -0.1) is 0 Å². The Hall–Kier alpha value is -3.23. The molecule has 9 nitrogen and oxygen atoms in total. The number of nitrogens with one attached hydrogen (secondary N) is 1. The minimum Gasteiger partial charge on any atom is -0.545 e. The summed E-state index contributed by atoms with van der Waals surface area (Å²) in [5, 5.41) is 36.4. The van der Waals surface area contributed by atoms with Crippen LogP contribution in [-0.4, -0.2) is 15.8 Å². The van der Waals surface area contributed by atoms with Crippen molar-refractivity contribution in [3.8, 4) is 0 Å². The lowest BCUT2D eigenvalue weighted by atomic mass is 9.84. The van der Waals surface area contributed by atoms with Crippen LogP contribution in [0.3, 0.4) is 0 Å². The minimum absolute atomic E-state index is 0.144. The molecule has 2 rings (SSSR count). The second kappa shape index (κ2) is 5.87. The molecule has 1 aliphatic rings. The van der Waals surface area contributed by atoms with E-state index in [1.165, 1.54) is 32.0 Å². The van der Waals surface area contributed by atoms with Crippen LogP contribution in [0.1, 0.15) is 25.3 Å². The predicted octanol–water partition coefficient (Wildman–Crippen LogP) is 0.814. The number of hydrogen-bond acceptors (Lipinski definition) is 7. The first kappa shape index (κ1) is 16.1. The molecule has 0 saturated carbocycles. The number of allylic oxidation sites excluding steroid dienone is 3. The third kappa shape index (κ3) is 2.89. The topological polar surface area (TPSA) is 138 Å². The average Bonchev–Trinajstić information content (AvgIpc) is 2.45. The Morgan fingerprint density at radius 3 is 2.30 bits per heavy atom. The maximum atomic E-state index is 11.5. The van der Waals surface area contributed by atoms with E-state index in [2.05, 4.69) is 5.32 Å². The molecule has 0 bridgehead atoms. The lowest BCUT2D eigenvalue weighted by Crippen LogP contribution is -2.36. The number of benzene rings is 1. The predicted molar refractivity (Wildman–Crippen MR) is 76.4 cm³/mol. The van der Waals surface area contributed by atoms with E-state index in [0.29, 0.717) is 0 Å². The van der Waals surface area contributed by atoms with Gasteiger partial charge in [-0.2, -0.15) is 0 Å². The molecule has 0 aromatic heterocycles. The molecule has 1 aromatic carbocycles. The van der Waals surface area contributed by atoms with Crippen molar-refractivity contribution in [2.24, 2.45) is 0 Å². The number of carboxylic acids is 1. The maximum absolute atomic E-state index is 11.5. The van der Waals surface area contributed by atoms with Crippen LogP contribution >= 0.6 is 0 Å². The first-order valence-corrected chi connectivity index (χ1v) is 6.52. The Balaban J connectivity index is 2.72. The zero-order valence-electron chi connectivity index (χ0n) is 12.2. The summed E-state index contributed by atoms with van der Waals surface area (Å²) in [7, 11) is 0. The Labute approximate surface area is 130 Å². The SMILES string of the molecule is CC1=C(C(=O)[O-])C(c2cccc([N+](=O)[O-])c2)C([N+](=O)[O-])=C(C)N1. The number of dihydropyridines is 1. The highest BCUT2D eigenvalue weighted by molar-refractivity contribution is 5.89. The van der Waals surface area contributed by atoms with Gasteiger partial charge >= 0.3 is 0 Å². The van der Waals surface area contributed by atoms with Crippen molar-refractivity contribution in [3.63, 3.8) is 0 Å². The van der Waals surface area contributed by atoms with Gasteiger partial charge in [0.05, 0.1) is 21.5 Å². The van der Waals surface area contributed by atoms with Crippen LogP contribution in [0.15, 0.2) is 46.9 Å². The molecule has 0 amide bonds. The second-order valence-electron chi connectivity index (χ2n) is 5.00. The summed E-state index contributed by atoms with van der Waals surface area (Å²) in [6, 6.07) is 5.12. The third-order valence-electron chi connectivity index (χ3n) is 3.56. The fraction of sp³-hybridized carbons (Fsp3) is 0.214. The van der Waals surface area contributed by atoms with Gasteiger partial charge in [0.25, 0.3) is 11.4 Å². The van der Waals surface area contributed by atoms with Gasteiger partial charge < -0.3 is 15.2 Å². The van der Waals surface area contributed by atoms with E-state index in [0.717, 1.165) is 6.07 Å². The van der Waals surface area contributed by atoms with E-state index in [9.17, 15) is 30.1 Å². The third-order valence-corrected chi connectivity index (χ3v) is 3.56. The van der Waals surface area contributed by atoms with Crippen LogP contribution in [0.2, 0.25) is 0 Å². The molecule has 0 spiro atoms. The number of rotatable bonds is 4. The fourth-order valence-corrected chi connectivity index (χ4v) is 2.64. The molecule has 9 heteroatoms. The molecular formula is C14H12N3O6-. The highest BCUT2D eigenvalue weighted by Crippen LogP contribution is 2.38. The summed E-state index contributed by atoms with van der Waals surface area (Å²) in [6.45, 7) is 2.90. The van der Waals surface area contributed by atoms with E-state index in [1.807, 2.05) is 0 Å². The normalized spacial score (nSPS) is 17.7. The molecular weight excluding hydrogens is 306 g/mol. The van der Waals surface area contributed by atoms with E-state index in [-0.39, 0.29) is 33.9 Å². The van der Waals surface area contributed by atoms with Crippen molar-refractivity contribution in [1.29, 1.82) is 0 Å². The quantitative estimate of drug-likeness (QED) is 0.640. The molecule has 120 valence electrons. The number of carbonyl (C=O) groups excluding carboxylic acids is 1. The maximum Gasteiger partial charge on any atom is 0.276 e. The van der Waals surface area contributed by atoms with Crippen LogP contribution in [0.5, 0.6) is 0 Å². The summed E-state index contributed by atoms with van der Waals surface area (Å²) < 4.78 is 0. The van der Waals surface area contributed by atoms with Crippen LogP contribution in [0.4, 0.5) is 5.69 Å². The number of non-ortho nitro benzene ring substituents is 1. The van der Waals surface area contributed by atoms with Gasteiger partial charge in [0.15, 0.2) is 0 Å². The van der Waals surface area contributed by atoms with E-state index >= 15 is 0 Å². The van der Waals surface area contributed by atoms with Crippen molar-refractivity contribution >= 4 is 11.7 Å². The van der Waals surface area contributed by atoms with Gasteiger partial charge in [-0.1, -0.05) is 12.1 Å². The first-order chi connectivity index (χ1) is 10.7. The molecule has 1 atom stereocenters. The Morgan fingerprint density at radius 1 is 1.13 bits per heavy atom. The largest absolute Gasteiger partial charge is 0.545 e. The molecule has 23 heavy (non-hydrogen) atoms. The van der Waals surface area contributed by atoms with Crippen molar-refractivity contribution in [1.82, 2.24) is 5.32 Å². The summed E-state index contributed by atoms with van der Waals surface area (Å²) in [4.78, 5) is 32.4. The van der Waals surface area contributed by atoms with Gasteiger partial charge in [0.2, 0.25) is 0 Å². The van der Waals surface area contributed by atoms with Gasteiger partial charge in [0.1, 0.15) is 5.92 Å². The lowest BCUT2D eigenvalue weighted by Gasteiger charge is -2.28. The van der Waals surface area contributed by atoms with Crippen LogP contribution in [0.25, 0.3) is 0 Å². The molecule has 1 unspecified atom stereocenters. The number of carbonyl (C=O) groups is 1. The number of nitro benzene ring substituents is 1. The van der Waals surface area contributed by atoms with Gasteiger partial charge in [0, 0.05) is 23.4 Å². The molecule has 1 aliphatic heterocycles. The smallest absolute Gasteiger partial charge is 0.276 e. The van der Waals surface area contributed by atoms with Gasteiger partial charge in [-0.3, -0.25) is 20.2 Å². The highest BCUT2D eigenvalue weighted by Gasteiger charge is 2.38. The van der Waals surface area contributed by atoms with Crippen molar-refractivity contribution in [2.75, 3.05) is 0 Å². The van der Waals surface area contributed by atoms with Crippen LogP contribution in [0, 0.1) is 20.2 Å². The molecule has 1 heterocycles. The van der Waals surface area contributed by atoms with E-state index in [4.69, 9.17) is 0 Å². The van der Waals surface area contributed by atoms with Gasteiger partial charge in [-0.05, 0) is 19.4 Å². The summed E-state index contributed by atoms with van der Waals surface area (Å²) in [5.74, 6) is -2.82. The lowest BCUT2D eigenvalue weighted by molar-refractivity contribution is -0.431. The molecule has 0 saturated heterocycles. The first-order valence-electron chi connectivity index (χ1n) is 6.52. The van der Waals surface area contributed by atoms with Crippen molar-refractivity contribution < 1.29 is 19.7 Å². The number of nitrogens with zero attached hydrogens (tertiary/aromatic N) is 2. The fourth-order valence-electron chi connectivity index (χ4n) is 2.64. The summed E-state index contributed by atoms with van der Waals surface area (Å²) in [6.07, 6.45) is 0. The Bertz CT molecular complexity index is 744. The Kier molecular flexibility index (Phi) is 4.12. The number of aliphatic carboxylic acids is 1. The summed E-state index contributed by atoms with van der Waals surface area (Å²) in [5.41, 5.74) is -0.459. The Morgan fingerprint density at radius 2 is 1.78 bits per heavy atom. The number of hydrogen-bond donors (Lipinski definition) is 1. The minimum atomic E-state index is -1.57.